The Hall–Kier alpha value is -0.120. The van der Waals surface area contributed by atoms with E-state index >= 15 is 0 Å². The van der Waals surface area contributed by atoms with Gasteiger partial charge in [-0.15, -0.1) is 0 Å². The molecular formula is C12H25NO2. The van der Waals surface area contributed by atoms with Crippen LogP contribution in [0, 0.1) is 5.92 Å². The lowest BCUT2D eigenvalue weighted by Crippen LogP contribution is -2.47. The molecular weight excluding hydrogens is 190 g/mol. The van der Waals surface area contributed by atoms with Crippen molar-refractivity contribution in [2.75, 3.05) is 20.3 Å². The van der Waals surface area contributed by atoms with Gasteiger partial charge in [-0.3, -0.25) is 4.90 Å². The third kappa shape index (κ3) is 3.74. The molecule has 0 aromatic carbocycles. The number of ether oxygens (including phenoxy) is 1. The summed E-state index contributed by atoms with van der Waals surface area (Å²) < 4.78 is 5.13. The van der Waals surface area contributed by atoms with E-state index in [1.807, 2.05) is 6.92 Å². The Morgan fingerprint density at radius 1 is 1.33 bits per heavy atom. The summed E-state index contributed by atoms with van der Waals surface area (Å²) in [4.78, 5) is 2.38. The first-order chi connectivity index (χ1) is 7.07. The van der Waals surface area contributed by atoms with E-state index in [0.717, 1.165) is 19.1 Å². The van der Waals surface area contributed by atoms with E-state index < -0.39 is 0 Å². The summed E-state index contributed by atoms with van der Waals surface area (Å²) in [5.41, 5.74) is 0. The van der Waals surface area contributed by atoms with Crippen molar-refractivity contribution in [2.24, 2.45) is 5.92 Å². The van der Waals surface area contributed by atoms with Gasteiger partial charge in [-0.05, 0) is 39.5 Å². The maximum atomic E-state index is 9.66. The molecule has 0 aliphatic heterocycles. The van der Waals surface area contributed by atoms with E-state index in [0.29, 0.717) is 6.04 Å². The van der Waals surface area contributed by atoms with Crippen molar-refractivity contribution < 1.29 is 9.84 Å². The fraction of sp³-hybridized carbons (Fsp3) is 1.00. The maximum Gasteiger partial charge on any atom is 0.0664 e. The second-order valence-corrected chi connectivity index (χ2v) is 4.79. The minimum absolute atomic E-state index is 0.218. The van der Waals surface area contributed by atoms with Gasteiger partial charge in [-0.25, -0.2) is 0 Å². The number of nitrogens with zero attached hydrogens (tertiary/aromatic N) is 1. The fourth-order valence-electron chi connectivity index (χ4n) is 2.10. The molecule has 1 N–H and O–H groups in total. The highest BCUT2D eigenvalue weighted by atomic mass is 16.5. The summed E-state index contributed by atoms with van der Waals surface area (Å²) in [6, 6.07) is 0.792. The van der Waals surface area contributed by atoms with Crippen LogP contribution in [0.3, 0.4) is 0 Å². The van der Waals surface area contributed by atoms with Crippen molar-refractivity contribution >= 4 is 0 Å². The van der Waals surface area contributed by atoms with Crippen molar-refractivity contribution in [3.05, 3.63) is 0 Å². The molecule has 0 spiro atoms. The summed E-state index contributed by atoms with van der Waals surface area (Å²) in [6.07, 6.45) is 2.41. The SMILES string of the molecule is COCCN(C(C)C(C)O)C(C)C1CC1. The number of rotatable bonds is 7. The highest BCUT2D eigenvalue weighted by Crippen LogP contribution is 2.35. The molecule has 0 radical (unpaired) electrons. The van der Waals surface area contributed by atoms with Crippen molar-refractivity contribution in [3.8, 4) is 0 Å². The minimum Gasteiger partial charge on any atom is -0.392 e. The molecule has 1 rings (SSSR count). The van der Waals surface area contributed by atoms with Crippen LogP contribution in [0.5, 0.6) is 0 Å². The van der Waals surface area contributed by atoms with Crippen LogP contribution in [0.25, 0.3) is 0 Å². The lowest BCUT2D eigenvalue weighted by Gasteiger charge is -2.36. The molecule has 0 bridgehead atoms. The van der Waals surface area contributed by atoms with E-state index in [4.69, 9.17) is 4.74 Å². The molecule has 3 nitrogen and oxygen atoms in total. The summed E-state index contributed by atoms with van der Waals surface area (Å²) in [6.45, 7) is 7.89. The molecule has 0 heterocycles. The Labute approximate surface area is 93.4 Å². The largest absolute Gasteiger partial charge is 0.392 e. The van der Waals surface area contributed by atoms with Crippen molar-refractivity contribution in [1.29, 1.82) is 0 Å². The highest BCUT2D eigenvalue weighted by molar-refractivity contribution is 4.88. The first-order valence-corrected chi connectivity index (χ1v) is 6.00. The Bertz CT molecular complexity index is 172. The van der Waals surface area contributed by atoms with Crippen molar-refractivity contribution in [2.45, 2.75) is 51.8 Å². The molecule has 90 valence electrons. The van der Waals surface area contributed by atoms with Crippen LogP contribution in [0.2, 0.25) is 0 Å². The Balaban J connectivity index is 2.50. The van der Waals surface area contributed by atoms with Gasteiger partial charge in [0.15, 0.2) is 0 Å². The third-order valence-corrected chi connectivity index (χ3v) is 3.60. The summed E-state index contributed by atoms with van der Waals surface area (Å²) >= 11 is 0. The van der Waals surface area contributed by atoms with E-state index in [1.165, 1.54) is 12.8 Å². The monoisotopic (exact) mass is 215 g/mol. The maximum absolute atomic E-state index is 9.66. The first kappa shape index (κ1) is 12.9. The molecule has 0 aromatic rings. The number of aliphatic hydroxyl groups is 1. The average Bonchev–Trinajstić information content (AvgIpc) is 3.00. The van der Waals surface area contributed by atoms with E-state index in [1.54, 1.807) is 7.11 Å². The van der Waals surface area contributed by atoms with Gasteiger partial charge in [-0.1, -0.05) is 0 Å². The van der Waals surface area contributed by atoms with Crippen LogP contribution in [-0.2, 0) is 4.74 Å². The molecule has 0 aromatic heterocycles. The molecule has 15 heavy (non-hydrogen) atoms. The third-order valence-electron chi connectivity index (χ3n) is 3.60. The van der Waals surface area contributed by atoms with Crippen molar-refractivity contribution in [3.63, 3.8) is 0 Å². The zero-order chi connectivity index (χ0) is 11.4. The molecule has 3 heteroatoms. The Kier molecular flexibility index (Phi) is 5.03. The lowest BCUT2D eigenvalue weighted by molar-refractivity contribution is 0.0241. The molecule has 3 atom stereocenters. The topological polar surface area (TPSA) is 32.7 Å². The van der Waals surface area contributed by atoms with Gasteiger partial charge in [0.1, 0.15) is 0 Å². The van der Waals surface area contributed by atoms with E-state index in [-0.39, 0.29) is 12.1 Å². The van der Waals surface area contributed by atoms with Gasteiger partial charge in [0.05, 0.1) is 12.7 Å². The van der Waals surface area contributed by atoms with Crippen LogP contribution < -0.4 is 0 Å². The van der Waals surface area contributed by atoms with Gasteiger partial charge in [-0.2, -0.15) is 0 Å². The van der Waals surface area contributed by atoms with Gasteiger partial charge in [0.2, 0.25) is 0 Å². The van der Waals surface area contributed by atoms with Crippen molar-refractivity contribution in [1.82, 2.24) is 4.90 Å². The number of hydrogen-bond acceptors (Lipinski definition) is 3. The van der Waals surface area contributed by atoms with Gasteiger partial charge >= 0.3 is 0 Å². The standard InChI is InChI=1S/C12H25NO2/c1-9(11(3)14)13(7-8-15-4)10(2)12-5-6-12/h9-12,14H,5-8H2,1-4H3. The number of hydrogen-bond donors (Lipinski definition) is 1. The predicted molar refractivity (Wildman–Crippen MR) is 61.9 cm³/mol. The molecule has 1 saturated carbocycles. The zero-order valence-corrected chi connectivity index (χ0v) is 10.4. The van der Waals surface area contributed by atoms with Gasteiger partial charge < -0.3 is 9.84 Å². The first-order valence-electron chi connectivity index (χ1n) is 6.00. The normalized spacial score (nSPS) is 22.8. The lowest BCUT2D eigenvalue weighted by atomic mass is 10.1. The fourth-order valence-corrected chi connectivity index (χ4v) is 2.10. The average molecular weight is 215 g/mol. The second-order valence-electron chi connectivity index (χ2n) is 4.79. The van der Waals surface area contributed by atoms with Gasteiger partial charge in [0.25, 0.3) is 0 Å². The van der Waals surface area contributed by atoms with Crippen LogP contribution in [-0.4, -0.2) is 48.5 Å². The van der Waals surface area contributed by atoms with Gasteiger partial charge in [0, 0.05) is 25.7 Å². The number of methoxy groups -OCH3 is 1. The summed E-state index contributed by atoms with van der Waals surface area (Å²) in [5.74, 6) is 0.836. The molecule has 3 unspecified atom stereocenters. The van der Waals surface area contributed by atoms with E-state index in [9.17, 15) is 5.11 Å². The molecule has 1 fully saturated rings. The van der Waals surface area contributed by atoms with Crippen LogP contribution >= 0.6 is 0 Å². The summed E-state index contributed by atoms with van der Waals surface area (Å²) in [7, 11) is 1.73. The smallest absolute Gasteiger partial charge is 0.0664 e. The Morgan fingerprint density at radius 3 is 2.33 bits per heavy atom. The second kappa shape index (κ2) is 5.83. The highest BCUT2D eigenvalue weighted by Gasteiger charge is 2.34. The molecule has 0 saturated heterocycles. The molecule has 0 amide bonds. The van der Waals surface area contributed by atoms with Crippen LogP contribution in [0.4, 0.5) is 0 Å². The summed E-state index contributed by atoms with van der Waals surface area (Å²) in [5, 5.41) is 9.66. The molecule has 1 aliphatic carbocycles. The molecule has 1 aliphatic rings. The van der Waals surface area contributed by atoms with E-state index in [2.05, 4.69) is 18.7 Å². The predicted octanol–water partition coefficient (Wildman–Crippen LogP) is 1.50. The number of aliphatic hydroxyl groups excluding tert-OH is 1. The van der Waals surface area contributed by atoms with Crippen LogP contribution in [0.1, 0.15) is 33.6 Å². The minimum atomic E-state index is -0.275. The van der Waals surface area contributed by atoms with Crippen LogP contribution in [0.15, 0.2) is 0 Å². The zero-order valence-electron chi connectivity index (χ0n) is 10.4. The quantitative estimate of drug-likeness (QED) is 0.698. The Morgan fingerprint density at radius 2 is 1.93 bits per heavy atom.